The lowest BCUT2D eigenvalue weighted by molar-refractivity contribution is -0.598. The molecule has 2 rings (SSSR count). The second-order valence-electron chi connectivity index (χ2n) is 4.19. The SMILES string of the molecule is CC[SiH2][NH+]1C=CN=C1.Cn1cc[nH+]c1.F[B-](F)(F)F.F[B-](F)(F)F. The molecule has 1 atom stereocenters. The summed E-state index contributed by atoms with van der Waals surface area (Å²) in [7, 11) is -9.95. The monoisotopic (exact) mass is 384 g/mol. The van der Waals surface area contributed by atoms with E-state index in [1.165, 1.54) is 10.6 Å². The topological polar surface area (TPSA) is 35.9 Å². The molecular formula is C9H18B2F8N4Si. The molecule has 1 aliphatic rings. The fourth-order valence-corrected chi connectivity index (χ4v) is 2.21. The molecule has 0 saturated carbocycles. The van der Waals surface area contributed by atoms with Crippen LogP contribution in [-0.4, -0.2) is 35.1 Å². The predicted octanol–water partition coefficient (Wildman–Crippen LogP) is 1.35. The highest BCUT2D eigenvalue weighted by atomic mass is 28.2. The van der Waals surface area contributed by atoms with E-state index in [0.717, 1.165) is 0 Å². The van der Waals surface area contributed by atoms with Crippen molar-refractivity contribution in [2.45, 2.75) is 13.0 Å². The molecule has 2 N–H and O–H groups in total. The summed E-state index contributed by atoms with van der Waals surface area (Å²) in [5, 5.41) is 0. The van der Waals surface area contributed by atoms with Crippen LogP contribution in [-0.2, 0) is 7.05 Å². The number of aromatic amines is 1. The Labute approximate surface area is 136 Å². The van der Waals surface area contributed by atoms with E-state index in [4.69, 9.17) is 0 Å². The number of nitrogens with one attached hydrogen (secondary N) is 2. The minimum Gasteiger partial charge on any atom is -0.418 e. The Morgan fingerprint density at radius 2 is 1.58 bits per heavy atom. The third kappa shape index (κ3) is 32.3. The molecule has 2 heterocycles. The van der Waals surface area contributed by atoms with Gasteiger partial charge in [-0.2, -0.15) is 0 Å². The van der Waals surface area contributed by atoms with Crippen molar-refractivity contribution in [1.29, 1.82) is 0 Å². The van der Waals surface area contributed by atoms with Crippen molar-refractivity contribution in [3.05, 3.63) is 31.1 Å². The molecule has 1 aliphatic heterocycles. The van der Waals surface area contributed by atoms with Gasteiger partial charge < -0.3 is 39.1 Å². The van der Waals surface area contributed by atoms with Crippen molar-refractivity contribution in [2.75, 3.05) is 0 Å². The number of quaternary nitrogens is 1. The number of aromatic nitrogens is 2. The smallest absolute Gasteiger partial charge is 0.418 e. The van der Waals surface area contributed by atoms with Crippen LogP contribution < -0.4 is 9.55 Å². The Morgan fingerprint density at radius 3 is 1.79 bits per heavy atom. The van der Waals surface area contributed by atoms with Crippen LogP contribution in [0.3, 0.4) is 0 Å². The molecule has 0 spiro atoms. The average Bonchev–Trinajstić information content (AvgIpc) is 2.99. The first-order valence-electron chi connectivity index (χ1n) is 6.61. The maximum absolute atomic E-state index is 9.75. The molecule has 0 amide bonds. The zero-order valence-corrected chi connectivity index (χ0v) is 14.4. The quantitative estimate of drug-likeness (QED) is 0.591. The lowest BCUT2D eigenvalue weighted by Gasteiger charge is -1.99. The van der Waals surface area contributed by atoms with E-state index in [-0.39, 0.29) is 9.68 Å². The summed E-state index contributed by atoms with van der Waals surface area (Å²) in [4.78, 5) is 6.87. The first kappa shape index (κ1) is 24.6. The molecule has 1 unspecified atom stereocenters. The van der Waals surface area contributed by atoms with Crippen molar-refractivity contribution < 1.29 is 44.1 Å². The largest absolute Gasteiger partial charge is 0.673 e. The normalized spacial score (nSPS) is 16.0. The number of halogens is 8. The van der Waals surface area contributed by atoms with Gasteiger partial charge in [-0.05, 0) is 6.04 Å². The van der Waals surface area contributed by atoms with Gasteiger partial charge in [-0.1, -0.05) is 6.92 Å². The summed E-state index contributed by atoms with van der Waals surface area (Å²) in [5.74, 6) is 0. The lowest BCUT2D eigenvalue weighted by atomic mass is 10.3. The van der Waals surface area contributed by atoms with Crippen LogP contribution in [0, 0.1) is 0 Å². The van der Waals surface area contributed by atoms with Crippen LogP contribution in [0.4, 0.5) is 34.5 Å². The Hall–Kier alpha value is -1.63. The average molecular weight is 384 g/mol. The number of nitrogens with zero attached hydrogens (tertiary/aromatic N) is 2. The second kappa shape index (κ2) is 12.7. The fraction of sp³-hybridized carbons (Fsp3) is 0.333. The molecule has 0 radical (unpaired) electrons. The third-order valence-corrected chi connectivity index (χ3v) is 3.33. The van der Waals surface area contributed by atoms with Gasteiger partial charge in [0.1, 0.15) is 18.6 Å². The van der Waals surface area contributed by atoms with E-state index < -0.39 is 14.5 Å². The van der Waals surface area contributed by atoms with Crippen LogP contribution in [0.5, 0.6) is 0 Å². The highest BCUT2D eigenvalue weighted by molar-refractivity contribution is 6.50. The minimum atomic E-state index is -6.00. The molecule has 1 aromatic heterocycles. The van der Waals surface area contributed by atoms with Gasteiger partial charge in [-0.25, -0.2) is 9.56 Å². The van der Waals surface area contributed by atoms with Crippen molar-refractivity contribution in [1.82, 2.24) is 4.57 Å². The van der Waals surface area contributed by atoms with Gasteiger partial charge in [0.25, 0.3) is 9.68 Å². The molecule has 0 aliphatic carbocycles. The van der Waals surface area contributed by atoms with Gasteiger partial charge in [0.15, 0.2) is 6.34 Å². The number of hydrogen-bond acceptors (Lipinski definition) is 1. The number of imidazole rings is 1. The van der Waals surface area contributed by atoms with Gasteiger partial charge in [0, 0.05) is 0 Å². The minimum absolute atomic E-state index is 0.0787. The summed E-state index contributed by atoms with van der Waals surface area (Å²) < 4.78 is 81.4. The lowest BCUT2D eigenvalue weighted by Crippen LogP contribution is -3.07. The third-order valence-electron chi connectivity index (χ3n) is 1.84. The summed E-state index contributed by atoms with van der Waals surface area (Å²) in [6.45, 7) is 2.24. The van der Waals surface area contributed by atoms with Crippen LogP contribution in [0.1, 0.15) is 6.92 Å². The Morgan fingerprint density at radius 1 is 1.08 bits per heavy atom. The Balaban J connectivity index is 0. The fourth-order valence-electron chi connectivity index (χ4n) is 1.12. The maximum atomic E-state index is 9.75. The van der Waals surface area contributed by atoms with Gasteiger partial charge in [-0.3, -0.25) is 4.98 Å². The molecule has 4 nitrogen and oxygen atoms in total. The summed E-state index contributed by atoms with van der Waals surface area (Å²) in [6.07, 6.45) is 11.7. The zero-order chi connectivity index (χ0) is 19.2. The van der Waals surface area contributed by atoms with Gasteiger partial charge in [-0.15, -0.1) is 0 Å². The Kier molecular flexibility index (Phi) is 13.1. The molecule has 0 saturated heterocycles. The van der Waals surface area contributed by atoms with Gasteiger partial charge in [0.05, 0.1) is 13.2 Å². The van der Waals surface area contributed by atoms with Crippen LogP contribution in [0.15, 0.2) is 36.1 Å². The highest BCUT2D eigenvalue weighted by Gasteiger charge is 2.21. The van der Waals surface area contributed by atoms with Gasteiger partial charge in [0.2, 0.25) is 6.33 Å². The summed E-state index contributed by atoms with van der Waals surface area (Å²) in [6, 6.07) is 1.35. The highest BCUT2D eigenvalue weighted by Crippen LogP contribution is 2.07. The van der Waals surface area contributed by atoms with E-state index in [1.807, 2.05) is 42.9 Å². The van der Waals surface area contributed by atoms with E-state index in [9.17, 15) is 34.5 Å². The summed E-state index contributed by atoms with van der Waals surface area (Å²) in [5.41, 5.74) is 0. The van der Waals surface area contributed by atoms with Crippen LogP contribution in [0.2, 0.25) is 6.04 Å². The molecule has 140 valence electrons. The number of rotatable bonds is 2. The van der Waals surface area contributed by atoms with Crippen LogP contribution in [0.25, 0.3) is 0 Å². The predicted molar refractivity (Wildman–Crippen MR) is 80.0 cm³/mol. The Bertz CT molecular complexity index is 427. The van der Waals surface area contributed by atoms with E-state index in [1.54, 1.807) is 0 Å². The first-order valence-corrected chi connectivity index (χ1v) is 8.31. The van der Waals surface area contributed by atoms with E-state index >= 15 is 0 Å². The molecule has 15 heteroatoms. The standard InChI is InChI=1S/C5H10N2Si.C4H6N2.2BF4/c1-2-8-7-4-3-6-5-7;1-6-3-2-5-4-6;2*2-1(3,4)5/h3-5H,2,8H2,1H3;2-4H,1H3;;/q;;2*-1/p+2. The van der Waals surface area contributed by atoms with E-state index in [2.05, 4.69) is 23.1 Å². The molecule has 0 fully saturated rings. The molecule has 24 heavy (non-hydrogen) atoms. The molecule has 0 aromatic carbocycles. The number of aliphatic imine (C=N–C) groups is 1. The molecular weight excluding hydrogens is 366 g/mol. The van der Waals surface area contributed by atoms with Gasteiger partial charge >= 0.3 is 14.5 Å². The first-order chi connectivity index (χ1) is 10.8. The molecule has 0 bridgehead atoms. The number of aryl methyl sites for hydroxylation is 1. The van der Waals surface area contributed by atoms with Crippen molar-refractivity contribution in [3.8, 4) is 0 Å². The molecule has 1 aromatic rings. The zero-order valence-electron chi connectivity index (χ0n) is 13.0. The summed E-state index contributed by atoms with van der Waals surface area (Å²) >= 11 is 0. The van der Waals surface area contributed by atoms with Crippen LogP contribution >= 0.6 is 0 Å². The number of hydrogen-bond donors (Lipinski definition) is 1. The second-order valence-corrected chi connectivity index (χ2v) is 6.50. The van der Waals surface area contributed by atoms with Crippen molar-refractivity contribution in [3.63, 3.8) is 0 Å². The van der Waals surface area contributed by atoms with E-state index in [0.29, 0.717) is 0 Å². The number of H-pyrrole nitrogens is 1. The van der Waals surface area contributed by atoms with Crippen molar-refractivity contribution in [2.24, 2.45) is 12.0 Å². The maximum Gasteiger partial charge on any atom is 0.673 e. The van der Waals surface area contributed by atoms with Crippen molar-refractivity contribution >= 4 is 30.5 Å².